The van der Waals surface area contributed by atoms with Crippen molar-refractivity contribution in [2.45, 2.75) is 52.4 Å². The van der Waals surface area contributed by atoms with Gasteiger partial charge in [0.05, 0.1) is 16.7 Å². The second-order valence-electron chi connectivity index (χ2n) is 25.9. The van der Waals surface area contributed by atoms with Gasteiger partial charge in [-0.1, -0.05) is 254 Å². The predicted molar refractivity (Wildman–Crippen MR) is 373 cm³/mol. The molecule has 0 atom stereocenters. The summed E-state index contributed by atoms with van der Waals surface area (Å²) in [4.78, 5) is 2.68. The molecule has 2 aliphatic heterocycles. The summed E-state index contributed by atoms with van der Waals surface area (Å²) in [6.07, 6.45) is 0. The molecule has 4 heterocycles. The maximum atomic E-state index is 2.71. The third-order valence-electron chi connectivity index (χ3n) is 18.9. The maximum Gasteiger partial charge on any atom is 0.264 e. The monoisotopic (exact) mass is 1120 g/mol. The first-order chi connectivity index (χ1) is 42.0. The van der Waals surface area contributed by atoms with Crippen molar-refractivity contribution in [3.05, 3.63) is 272 Å². The molecule has 2 aromatic heterocycles. The van der Waals surface area contributed by atoms with E-state index < -0.39 is 0 Å². The Bertz CT molecular complexity index is 5230. The van der Waals surface area contributed by atoms with Crippen LogP contribution in [0, 0.1) is 0 Å². The molecule has 0 aliphatic carbocycles. The van der Waals surface area contributed by atoms with Crippen LogP contribution in [-0.2, 0) is 10.8 Å². The molecule has 0 N–H and O–H groups in total. The summed E-state index contributed by atoms with van der Waals surface area (Å²) >= 11 is 1.99. The second-order valence-corrected chi connectivity index (χ2v) is 27.0. The van der Waals surface area contributed by atoms with E-state index in [1.165, 1.54) is 164 Å². The zero-order valence-corrected chi connectivity index (χ0v) is 50.0. The van der Waals surface area contributed by atoms with Gasteiger partial charge >= 0.3 is 0 Å². The molecular formula is C82H61BN2S. The first kappa shape index (κ1) is 50.8. The van der Waals surface area contributed by atoms with Crippen LogP contribution in [-0.4, -0.2) is 11.3 Å². The van der Waals surface area contributed by atoms with Gasteiger partial charge in [0.1, 0.15) is 0 Å². The number of hydrogen-bond acceptors (Lipinski definition) is 2. The van der Waals surface area contributed by atoms with Crippen LogP contribution in [0.5, 0.6) is 0 Å². The van der Waals surface area contributed by atoms with E-state index in [2.05, 4.69) is 312 Å². The number of thiophene rings is 1. The minimum absolute atomic E-state index is 0.0201. The molecule has 0 fully saturated rings. The number of rotatable bonds is 6. The summed E-state index contributed by atoms with van der Waals surface area (Å²) in [7, 11) is 0. The van der Waals surface area contributed by atoms with Crippen LogP contribution in [0.15, 0.2) is 261 Å². The van der Waals surface area contributed by atoms with Crippen molar-refractivity contribution < 1.29 is 0 Å². The Hall–Kier alpha value is -9.74. The molecule has 86 heavy (non-hydrogen) atoms. The van der Waals surface area contributed by atoms with Crippen LogP contribution in [0.3, 0.4) is 0 Å². The lowest BCUT2D eigenvalue weighted by Crippen LogP contribution is -2.59. The lowest BCUT2D eigenvalue weighted by Gasteiger charge is -2.40. The third kappa shape index (κ3) is 7.58. The van der Waals surface area contributed by atoms with Gasteiger partial charge in [-0.15, -0.1) is 11.3 Å². The van der Waals surface area contributed by atoms with Crippen molar-refractivity contribution in [1.29, 1.82) is 0 Å². The van der Waals surface area contributed by atoms with Gasteiger partial charge in [0.15, 0.2) is 0 Å². The molecule has 0 spiro atoms. The zero-order valence-electron chi connectivity index (χ0n) is 49.2. The molecule has 0 radical (unpaired) electrons. The number of aromatic nitrogens is 1. The summed E-state index contributed by atoms with van der Waals surface area (Å²) in [5, 5.41) is 11.6. The average Bonchev–Trinajstić information content (AvgIpc) is 1.42. The first-order valence-corrected chi connectivity index (χ1v) is 31.2. The van der Waals surface area contributed by atoms with Gasteiger partial charge < -0.3 is 9.47 Å². The van der Waals surface area contributed by atoms with E-state index in [9.17, 15) is 0 Å². The Kier molecular flexibility index (Phi) is 11.1. The van der Waals surface area contributed by atoms with Crippen molar-refractivity contribution in [2.75, 3.05) is 4.90 Å². The zero-order chi connectivity index (χ0) is 57.7. The molecular weight excluding hydrogens is 1060 g/mol. The van der Waals surface area contributed by atoms with E-state index in [-0.39, 0.29) is 17.5 Å². The molecule has 15 aromatic rings. The van der Waals surface area contributed by atoms with Gasteiger partial charge in [-0.05, 0) is 164 Å². The van der Waals surface area contributed by atoms with E-state index in [1.807, 2.05) is 11.3 Å². The Morgan fingerprint density at radius 3 is 1.51 bits per heavy atom. The van der Waals surface area contributed by atoms with Gasteiger partial charge in [-0.3, -0.25) is 0 Å². The van der Waals surface area contributed by atoms with Gasteiger partial charge in [-0.2, -0.15) is 0 Å². The largest absolute Gasteiger partial charge is 0.310 e. The molecule has 0 saturated heterocycles. The van der Waals surface area contributed by atoms with E-state index in [0.717, 1.165) is 5.69 Å². The molecule has 2 aliphatic rings. The third-order valence-corrected chi connectivity index (χ3v) is 20.1. The van der Waals surface area contributed by atoms with Gasteiger partial charge in [-0.25, -0.2) is 0 Å². The van der Waals surface area contributed by atoms with Gasteiger partial charge in [0.2, 0.25) is 0 Å². The van der Waals surface area contributed by atoms with Crippen molar-refractivity contribution in [2.24, 2.45) is 0 Å². The summed E-state index contributed by atoms with van der Waals surface area (Å²) in [6.45, 7) is 13.9. The molecule has 0 unspecified atom stereocenters. The molecule has 4 heteroatoms. The van der Waals surface area contributed by atoms with E-state index in [0.29, 0.717) is 0 Å². The number of benzene rings is 13. The molecule has 0 saturated carbocycles. The van der Waals surface area contributed by atoms with Crippen molar-refractivity contribution in [1.82, 2.24) is 4.57 Å². The van der Waals surface area contributed by atoms with Crippen molar-refractivity contribution >= 4 is 115 Å². The smallest absolute Gasteiger partial charge is 0.264 e. The molecule has 13 aromatic carbocycles. The van der Waals surface area contributed by atoms with E-state index in [1.54, 1.807) is 0 Å². The highest BCUT2D eigenvalue weighted by Gasteiger charge is 2.45. The summed E-state index contributed by atoms with van der Waals surface area (Å²) in [5.41, 5.74) is 24.6. The minimum Gasteiger partial charge on any atom is -0.310 e. The predicted octanol–water partition coefficient (Wildman–Crippen LogP) is 21.0. The number of fused-ring (bicyclic) bond motifs is 16. The normalized spacial score (nSPS) is 13.0. The van der Waals surface area contributed by atoms with Crippen LogP contribution >= 0.6 is 11.3 Å². The minimum atomic E-state index is -0.102. The van der Waals surface area contributed by atoms with Crippen molar-refractivity contribution in [3.63, 3.8) is 0 Å². The lowest BCUT2D eigenvalue weighted by atomic mass is 9.36. The number of hydrogen-bond donors (Lipinski definition) is 0. The Morgan fingerprint density at radius 1 is 0.360 bits per heavy atom. The van der Waals surface area contributed by atoms with Crippen LogP contribution in [0.2, 0.25) is 0 Å². The second kappa shape index (κ2) is 18.9. The van der Waals surface area contributed by atoms with Crippen molar-refractivity contribution in [3.8, 4) is 61.3 Å². The van der Waals surface area contributed by atoms with Crippen LogP contribution in [0.4, 0.5) is 17.1 Å². The standard InChI is InChI=1S/C82H61BN2S/c1-81(2,3)55-38-41-57(42-39-55)84-71-46-54(74-60(51-25-12-8-13-26-51)35-22-36-61(74)52-27-14-9-15-28-52)47-72-77(71)83(80-78(84)68-48-56(82(4,5)6)40-44-73(68)86-80)69-49-66-64-33-19-18-31-62(64)63-32-20-21-34-65(63)75(66)76-67-45-53(37-43-70(67)85(72)79(69)76)59-30-17-16-29-58(59)50-23-10-7-11-24-50/h7-49H,1-6H3. The fraction of sp³-hybridized carbons (Fsp3) is 0.0976. The molecule has 0 bridgehead atoms. The summed E-state index contributed by atoms with van der Waals surface area (Å²) in [6, 6.07) is 99.2. The molecule has 2 nitrogen and oxygen atoms in total. The topological polar surface area (TPSA) is 8.17 Å². The van der Waals surface area contributed by atoms with Crippen LogP contribution < -0.4 is 20.6 Å². The number of anilines is 3. The fourth-order valence-corrected chi connectivity index (χ4v) is 16.1. The highest BCUT2D eigenvalue weighted by Crippen LogP contribution is 2.52. The lowest BCUT2D eigenvalue weighted by molar-refractivity contribution is 0.590. The van der Waals surface area contributed by atoms with Crippen LogP contribution in [0.1, 0.15) is 52.7 Å². The fourth-order valence-electron chi connectivity index (χ4n) is 14.8. The average molecular weight is 1120 g/mol. The summed E-state index contributed by atoms with van der Waals surface area (Å²) in [5.74, 6) is 0. The first-order valence-electron chi connectivity index (χ1n) is 30.4. The highest BCUT2D eigenvalue weighted by atomic mass is 32.1. The highest BCUT2D eigenvalue weighted by molar-refractivity contribution is 7.33. The molecule has 408 valence electrons. The summed E-state index contributed by atoms with van der Waals surface area (Å²) < 4.78 is 5.39. The Labute approximate surface area is 507 Å². The van der Waals surface area contributed by atoms with E-state index >= 15 is 0 Å². The van der Waals surface area contributed by atoms with Gasteiger partial charge in [0, 0.05) is 48.1 Å². The molecule has 17 rings (SSSR count). The molecule has 0 amide bonds. The SMILES string of the molecule is CC(C)(C)c1ccc(N2c3cc(-c4c(-c5ccccc5)cccc4-c4ccccc4)cc4c3B(c3sc5ccc(C(C)(C)C)cc5c32)c2cc3c5ccccc5c5ccccc5c3c3c5cc(-c6ccccc6-c6ccccc6)ccc5n-4c23)cc1. The number of nitrogens with zero attached hydrogens (tertiary/aromatic N) is 2. The Morgan fingerprint density at radius 2 is 0.884 bits per heavy atom. The Balaban J connectivity index is 1.09. The van der Waals surface area contributed by atoms with Crippen LogP contribution in [0.25, 0.3) is 126 Å². The quantitative estimate of drug-likeness (QED) is 0.119. The van der Waals surface area contributed by atoms with Gasteiger partial charge in [0.25, 0.3) is 6.71 Å². The van der Waals surface area contributed by atoms with E-state index in [4.69, 9.17) is 0 Å². The maximum absolute atomic E-state index is 2.71.